The number of carboxylic acid groups (broad SMARTS) is 1. The van der Waals surface area contributed by atoms with Gasteiger partial charge in [0.05, 0.1) is 12.0 Å². The Hall–Kier alpha value is -1.46. The number of rotatable bonds is 5. The number of hydrogen-bond donors (Lipinski definition) is 1. The van der Waals surface area contributed by atoms with Crippen LogP contribution in [0.2, 0.25) is 0 Å². The minimum absolute atomic E-state index is 0.222. The van der Waals surface area contributed by atoms with E-state index in [1.807, 2.05) is 0 Å². The van der Waals surface area contributed by atoms with Crippen LogP contribution < -0.4 is 0 Å². The summed E-state index contributed by atoms with van der Waals surface area (Å²) in [7, 11) is 0. The molecule has 1 fully saturated rings. The number of nitrogens with zero attached hydrogens (tertiary/aromatic N) is 4. The summed E-state index contributed by atoms with van der Waals surface area (Å²) in [4.78, 5) is 11.7. The average molecular weight is 280 g/mol. The maximum Gasteiger partial charge on any atom is 0.311 e. The van der Waals surface area contributed by atoms with Crippen molar-refractivity contribution >= 4 is 5.97 Å². The largest absolute Gasteiger partial charge is 0.481 e. The molecule has 112 valence electrons. The van der Waals surface area contributed by atoms with Crippen molar-refractivity contribution in [3.05, 3.63) is 5.82 Å². The van der Waals surface area contributed by atoms with Crippen LogP contribution in [0.1, 0.15) is 64.6 Å². The Labute approximate surface area is 119 Å². The monoisotopic (exact) mass is 280 g/mol. The van der Waals surface area contributed by atoms with E-state index < -0.39 is 11.4 Å². The molecule has 1 aromatic rings. The highest BCUT2D eigenvalue weighted by atomic mass is 16.4. The molecule has 1 aromatic heterocycles. The van der Waals surface area contributed by atoms with Gasteiger partial charge in [0.25, 0.3) is 0 Å². The summed E-state index contributed by atoms with van der Waals surface area (Å²) in [6.07, 6.45) is 4.52. The fourth-order valence-electron chi connectivity index (χ4n) is 2.90. The third-order valence-electron chi connectivity index (χ3n) is 4.68. The Bertz CT molecular complexity index is 463. The molecule has 1 N–H and O–H groups in total. The number of aliphatic carboxylic acids is 1. The fourth-order valence-corrected chi connectivity index (χ4v) is 2.90. The van der Waals surface area contributed by atoms with Crippen LogP contribution in [0.4, 0.5) is 0 Å². The minimum Gasteiger partial charge on any atom is -0.481 e. The first-order valence-corrected chi connectivity index (χ1v) is 7.46. The molecule has 2 rings (SSSR count). The van der Waals surface area contributed by atoms with E-state index in [4.69, 9.17) is 0 Å². The van der Waals surface area contributed by atoms with E-state index in [1.165, 1.54) is 0 Å². The van der Waals surface area contributed by atoms with Crippen molar-refractivity contribution in [1.29, 1.82) is 0 Å². The summed E-state index contributed by atoms with van der Waals surface area (Å²) in [5, 5.41) is 21.5. The highest BCUT2D eigenvalue weighted by Gasteiger charge is 2.41. The van der Waals surface area contributed by atoms with Gasteiger partial charge in [-0.15, -0.1) is 5.10 Å². The van der Waals surface area contributed by atoms with E-state index in [1.54, 1.807) is 4.68 Å². The molecule has 0 bridgehead atoms. The molecule has 0 saturated heterocycles. The van der Waals surface area contributed by atoms with Crippen LogP contribution in [0.3, 0.4) is 0 Å². The third kappa shape index (κ3) is 2.83. The molecule has 6 heteroatoms. The second-order valence-electron chi connectivity index (χ2n) is 6.37. The van der Waals surface area contributed by atoms with Gasteiger partial charge in [0.15, 0.2) is 5.82 Å². The normalized spacial score (nSPS) is 20.0. The summed E-state index contributed by atoms with van der Waals surface area (Å²) >= 11 is 0. The van der Waals surface area contributed by atoms with Gasteiger partial charge in [-0.2, -0.15) is 0 Å². The van der Waals surface area contributed by atoms with Crippen LogP contribution in [-0.4, -0.2) is 31.3 Å². The van der Waals surface area contributed by atoms with Gasteiger partial charge in [0.2, 0.25) is 0 Å². The molecule has 1 heterocycles. The molecular formula is C14H24N4O2. The number of tetrazole rings is 1. The van der Waals surface area contributed by atoms with Gasteiger partial charge < -0.3 is 5.11 Å². The number of hydrogen-bond acceptors (Lipinski definition) is 4. The number of carboxylic acids is 1. The van der Waals surface area contributed by atoms with Crippen molar-refractivity contribution in [1.82, 2.24) is 20.2 Å². The predicted molar refractivity (Wildman–Crippen MR) is 74.2 cm³/mol. The number of aromatic nitrogens is 4. The third-order valence-corrected chi connectivity index (χ3v) is 4.68. The quantitative estimate of drug-likeness (QED) is 0.896. The summed E-state index contributed by atoms with van der Waals surface area (Å²) in [6, 6.07) is 0. The molecule has 1 atom stereocenters. The Morgan fingerprint density at radius 1 is 1.30 bits per heavy atom. The number of carbonyl (C=O) groups is 1. The summed E-state index contributed by atoms with van der Waals surface area (Å²) in [6.45, 7) is 6.72. The molecule has 6 nitrogen and oxygen atoms in total. The van der Waals surface area contributed by atoms with Gasteiger partial charge in [0, 0.05) is 5.92 Å². The zero-order valence-corrected chi connectivity index (χ0v) is 12.5. The lowest BCUT2D eigenvalue weighted by Gasteiger charge is -2.33. The first kappa shape index (κ1) is 14.9. The van der Waals surface area contributed by atoms with Gasteiger partial charge in [0.1, 0.15) is 0 Å². The van der Waals surface area contributed by atoms with Crippen molar-refractivity contribution in [2.75, 3.05) is 0 Å². The SMILES string of the molecule is CC(C)C(C)c1nnnn1CC1(C(=O)O)CCCCC1. The van der Waals surface area contributed by atoms with Gasteiger partial charge in [-0.1, -0.05) is 40.0 Å². The van der Waals surface area contributed by atoms with Crippen molar-refractivity contribution in [2.45, 2.75) is 65.3 Å². The molecule has 0 aromatic carbocycles. The lowest BCUT2D eigenvalue weighted by Crippen LogP contribution is -2.38. The van der Waals surface area contributed by atoms with Gasteiger partial charge in [-0.3, -0.25) is 4.79 Å². The Morgan fingerprint density at radius 2 is 1.95 bits per heavy atom. The second kappa shape index (κ2) is 5.89. The van der Waals surface area contributed by atoms with Crippen LogP contribution >= 0.6 is 0 Å². The van der Waals surface area contributed by atoms with E-state index in [9.17, 15) is 9.90 Å². The Morgan fingerprint density at radius 3 is 2.50 bits per heavy atom. The highest BCUT2D eigenvalue weighted by Crippen LogP contribution is 2.38. The molecule has 0 radical (unpaired) electrons. The van der Waals surface area contributed by atoms with E-state index in [2.05, 4.69) is 36.3 Å². The standard InChI is InChI=1S/C14H24N4O2/c1-10(2)11(3)12-15-16-17-18(12)9-14(13(19)20)7-5-4-6-8-14/h10-11H,4-9H2,1-3H3,(H,19,20). The molecule has 0 amide bonds. The molecule has 1 saturated carbocycles. The van der Waals surface area contributed by atoms with Gasteiger partial charge in [-0.25, -0.2) is 4.68 Å². The smallest absolute Gasteiger partial charge is 0.311 e. The van der Waals surface area contributed by atoms with Crippen LogP contribution in [0, 0.1) is 11.3 Å². The van der Waals surface area contributed by atoms with Crippen molar-refractivity contribution in [2.24, 2.45) is 11.3 Å². The first-order chi connectivity index (χ1) is 9.46. The summed E-state index contributed by atoms with van der Waals surface area (Å²) in [5.74, 6) is 0.730. The van der Waals surface area contributed by atoms with E-state index in [0.717, 1.165) is 37.9 Å². The maximum absolute atomic E-state index is 11.7. The van der Waals surface area contributed by atoms with E-state index in [-0.39, 0.29) is 5.92 Å². The Balaban J connectivity index is 2.24. The highest BCUT2D eigenvalue weighted by molar-refractivity contribution is 5.74. The molecule has 20 heavy (non-hydrogen) atoms. The van der Waals surface area contributed by atoms with Crippen molar-refractivity contribution in [3.63, 3.8) is 0 Å². The summed E-state index contributed by atoms with van der Waals surface area (Å²) in [5.41, 5.74) is -0.695. The van der Waals surface area contributed by atoms with Gasteiger partial charge >= 0.3 is 5.97 Å². The fraction of sp³-hybridized carbons (Fsp3) is 0.857. The second-order valence-corrected chi connectivity index (χ2v) is 6.37. The molecule has 0 aliphatic heterocycles. The van der Waals surface area contributed by atoms with Crippen LogP contribution in [0.25, 0.3) is 0 Å². The maximum atomic E-state index is 11.7. The van der Waals surface area contributed by atoms with Crippen LogP contribution in [-0.2, 0) is 11.3 Å². The predicted octanol–water partition coefficient (Wildman–Crippen LogP) is 2.47. The lowest BCUT2D eigenvalue weighted by molar-refractivity contribution is -0.152. The molecule has 1 aliphatic rings. The molecule has 1 aliphatic carbocycles. The first-order valence-electron chi connectivity index (χ1n) is 7.46. The topological polar surface area (TPSA) is 80.9 Å². The molecule has 0 spiro atoms. The molecule has 1 unspecified atom stereocenters. The average Bonchev–Trinajstić information content (AvgIpc) is 2.86. The van der Waals surface area contributed by atoms with E-state index >= 15 is 0 Å². The van der Waals surface area contributed by atoms with Gasteiger partial charge in [-0.05, 0) is 29.2 Å². The zero-order chi connectivity index (χ0) is 14.8. The van der Waals surface area contributed by atoms with Crippen molar-refractivity contribution < 1.29 is 9.90 Å². The Kier molecular flexibility index (Phi) is 4.40. The lowest BCUT2D eigenvalue weighted by atomic mass is 9.74. The minimum atomic E-state index is -0.712. The van der Waals surface area contributed by atoms with Crippen molar-refractivity contribution in [3.8, 4) is 0 Å². The van der Waals surface area contributed by atoms with Crippen LogP contribution in [0.15, 0.2) is 0 Å². The zero-order valence-electron chi connectivity index (χ0n) is 12.5. The van der Waals surface area contributed by atoms with E-state index in [0.29, 0.717) is 12.5 Å². The van der Waals surface area contributed by atoms with Crippen LogP contribution in [0.5, 0.6) is 0 Å². The molecular weight excluding hydrogens is 256 g/mol. The summed E-state index contributed by atoms with van der Waals surface area (Å²) < 4.78 is 1.71.